The molecule has 0 spiro atoms. The number of carboxylic acids is 1. The monoisotopic (exact) mass is 331 g/mol. The summed E-state index contributed by atoms with van der Waals surface area (Å²) in [6.45, 7) is 1.71. The van der Waals surface area contributed by atoms with E-state index in [0.717, 1.165) is 5.56 Å². The third-order valence-corrected chi connectivity index (χ3v) is 5.85. The molecule has 0 radical (unpaired) electrons. The molecule has 116 valence electrons. The van der Waals surface area contributed by atoms with E-state index in [9.17, 15) is 13.2 Å². The van der Waals surface area contributed by atoms with Crippen LogP contribution in [0, 0.1) is 0 Å². The predicted octanol–water partition coefficient (Wildman–Crippen LogP) is 1.97. The molecule has 1 aromatic carbocycles. The molecule has 1 aromatic rings. The highest BCUT2D eigenvalue weighted by atomic mass is 35.5. The van der Waals surface area contributed by atoms with E-state index in [1.165, 1.54) is 0 Å². The molecule has 0 bridgehead atoms. The van der Waals surface area contributed by atoms with Gasteiger partial charge in [-0.3, -0.25) is 9.69 Å². The Morgan fingerprint density at radius 2 is 2.05 bits per heavy atom. The maximum absolute atomic E-state index is 11.6. The van der Waals surface area contributed by atoms with Crippen LogP contribution in [0.15, 0.2) is 24.3 Å². The fraction of sp³-hybridized carbons (Fsp3) is 0.500. The number of hydrogen-bond acceptors (Lipinski definition) is 4. The molecule has 0 aliphatic carbocycles. The number of carbonyl (C=O) groups is 1. The molecule has 0 amide bonds. The van der Waals surface area contributed by atoms with Gasteiger partial charge in [-0.15, -0.1) is 0 Å². The first-order valence-corrected chi connectivity index (χ1v) is 8.92. The minimum atomic E-state index is -3.05. The van der Waals surface area contributed by atoms with Crippen molar-refractivity contribution in [1.29, 1.82) is 0 Å². The Morgan fingerprint density at radius 3 is 2.52 bits per heavy atom. The van der Waals surface area contributed by atoms with Gasteiger partial charge in [0.05, 0.1) is 18.1 Å². The van der Waals surface area contributed by atoms with Gasteiger partial charge in [0.2, 0.25) is 0 Å². The van der Waals surface area contributed by atoms with E-state index >= 15 is 0 Å². The number of rotatable bonds is 5. The number of nitrogens with zero attached hydrogens (tertiary/aromatic N) is 1. The summed E-state index contributed by atoms with van der Waals surface area (Å²) < 4.78 is 23.3. The molecular formula is C14H18ClNO4S. The van der Waals surface area contributed by atoms with Crippen molar-refractivity contribution in [3.05, 3.63) is 34.9 Å². The Labute approximate surface area is 129 Å². The van der Waals surface area contributed by atoms with Crippen LogP contribution in [0.5, 0.6) is 0 Å². The lowest BCUT2D eigenvalue weighted by molar-refractivity contribution is -0.139. The van der Waals surface area contributed by atoms with Crippen molar-refractivity contribution in [2.45, 2.75) is 25.4 Å². The zero-order valence-electron chi connectivity index (χ0n) is 11.7. The van der Waals surface area contributed by atoms with Crippen LogP contribution in [0.1, 0.15) is 24.9 Å². The summed E-state index contributed by atoms with van der Waals surface area (Å²) in [6, 6.07) is 6.74. The first kappa shape index (κ1) is 16.3. The van der Waals surface area contributed by atoms with Crippen LogP contribution in [0.2, 0.25) is 5.02 Å². The third-order valence-electron chi connectivity index (χ3n) is 3.85. The van der Waals surface area contributed by atoms with Gasteiger partial charge in [-0.25, -0.2) is 8.42 Å². The van der Waals surface area contributed by atoms with Gasteiger partial charge < -0.3 is 5.11 Å². The lowest BCUT2D eigenvalue weighted by Crippen LogP contribution is -2.41. The molecular weight excluding hydrogens is 314 g/mol. The van der Waals surface area contributed by atoms with Crippen molar-refractivity contribution >= 4 is 27.4 Å². The lowest BCUT2D eigenvalue weighted by Gasteiger charge is -2.32. The summed E-state index contributed by atoms with van der Waals surface area (Å²) in [6.07, 6.45) is 0.480. The summed E-state index contributed by atoms with van der Waals surface area (Å²) in [5, 5.41) is 9.71. The maximum atomic E-state index is 11.6. The minimum absolute atomic E-state index is 0.0260. The van der Waals surface area contributed by atoms with Gasteiger partial charge >= 0.3 is 5.97 Å². The maximum Gasteiger partial charge on any atom is 0.317 e. The van der Waals surface area contributed by atoms with Gasteiger partial charge in [0.15, 0.2) is 9.84 Å². The SMILES string of the molecule is CC(c1ccc(Cl)cc1)N(CC(=O)O)C1CCS(=O)(=O)C1. The Hall–Kier alpha value is -1.11. The highest BCUT2D eigenvalue weighted by molar-refractivity contribution is 7.91. The van der Waals surface area contributed by atoms with Crippen molar-refractivity contribution in [3.63, 3.8) is 0 Å². The molecule has 5 nitrogen and oxygen atoms in total. The predicted molar refractivity (Wildman–Crippen MR) is 81.3 cm³/mol. The van der Waals surface area contributed by atoms with Crippen LogP contribution in [-0.4, -0.2) is 48.5 Å². The van der Waals surface area contributed by atoms with Crippen molar-refractivity contribution in [2.75, 3.05) is 18.1 Å². The summed E-state index contributed by atoms with van der Waals surface area (Å²) >= 11 is 5.86. The van der Waals surface area contributed by atoms with E-state index < -0.39 is 15.8 Å². The van der Waals surface area contributed by atoms with Gasteiger partial charge in [0.25, 0.3) is 0 Å². The molecule has 2 rings (SSSR count). The Kier molecular flexibility index (Phi) is 4.91. The molecule has 1 aliphatic rings. The largest absolute Gasteiger partial charge is 0.480 e. The average Bonchev–Trinajstić information content (AvgIpc) is 2.76. The van der Waals surface area contributed by atoms with Crippen LogP contribution in [0.3, 0.4) is 0 Å². The third kappa shape index (κ3) is 4.18. The highest BCUT2D eigenvalue weighted by Gasteiger charge is 2.35. The van der Waals surface area contributed by atoms with E-state index in [1.807, 2.05) is 19.1 Å². The number of hydrogen-bond donors (Lipinski definition) is 1. The second kappa shape index (κ2) is 6.34. The Balaban J connectivity index is 2.23. The molecule has 0 aromatic heterocycles. The van der Waals surface area contributed by atoms with E-state index in [4.69, 9.17) is 16.7 Å². The van der Waals surface area contributed by atoms with Crippen molar-refractivity contribution in [3.8, 4) is 0 Å². The lowest BCUT2D eigenvalue weighted by atomic mass is 10.0. The first-order chi connectivity index (χ1) is 9.78. The van der Waals surface area contributed by atoms with E-state index in [2.05, 4.69) is 0 Å². The minimum Gasteiger partial charge on any atom is -0.480 e. The molecule has 1 fully saturated rings. The molecule has 1 N–H and O–H groups in total. The van der Waals surface area contributed by atoms with Gasteiger partial charge in [-0.05, 0) is 31.0 Å². The van der Waals surface area contributed by atoms with Crippen molar-refractivity contribution in [1.82, 2.24) is 4.90 Å². The molecule has 1 heterocycles. The molecule has 2 atom stereocenters. The van der Waals surface area contributed by atoms with Crippen LogP contribution in [-0.2, 0) is 14.6 Å². The van der Waals surface area contributed by atoms with Crippen molar-refractivity contribution < 1.29 is 18.3 Å². The standard InChI is InChI=1S/C14H18ClNO4S/c1-10(11-2-4-12(15)5-3-11)16(8-14(17)18)13-6-7-21(19,20)9-13/h2-5,10,13H,6-9H2,1H3,(H,17,18). The van der Waals surface area contributed by atoms with Crippen molar-refractivity contribution in [2.24, 2.45) is 0 Å². The first-order valence-electron chi connectivity index (χ1n) is 6.72. The molecule has 21 heavy (non-hydrogen) atoms. The van der Waals surface area contributed by atoms with Crippen LogP contribution in [0.4, 0.5) is 0 Å². The van der Waals surface area contributed by atoms with E-state index in [1.54, 1.807) is 17.0 Å². The van der Waals surface area contributed by atoms with Gasteiger partial charge in [0.1, 0.15) is 0 Å². The second-order valence-electron chi connectivity index (χ2n) is 5.35. The molecule has 1 aliphatic heterocycles. The molecule has 0 saturated carbocycles. The number of halogens is 1. The van der Waals surface area contributed by atoms with Crippen LogP contribution >= 0.6 is 11.6 Å². The normalized spacial score (nSPS) is 22.3. The fourth-order valence-electron chi connectivity index (χ4n) is 2.71. The average molecular weight is 332 g/mol. The molecule has 1 saturated heterocycles. The second-order valence-corrected chi connectivity index (χ2v) is 8.02. The van der Waals surface area contributed by atoms with Crippen LogP contribution in [0.25, 0.3) is 0 Å². The summed E-state index contributed by atoms with van der Waals surface area (Å²) in [5.41, 5.74) is 0.921. The fourth-order valence-corrected chi connectivity index (χ4v) is 4.58. The van der Waals surface area contributed by atoms with E-state index in [0.29, 0.717) is 11.4 Å². The Morgan fingerprint density at radius 1 is 1.43 bits per heavy atom. The zero-order valence-corrected chi connectivity index (χ0v) is 13.3. The topological polar surface area (TPSA) is 74.7 Å². The highest BCUT2D eigenvalue weighted by Crippen LogP contribution is 2.28. The number of benzene rings is 1. The van der Waals surface area contributed by atoms with Crippen LogP contribution < -0.4 is 0 Å². The smallest absolute Gasteiger partial charge is 0.317 e. The van der Waals surface area contributed by atoms with Gasteiger partial charge in [-0.2, -0.15) is 0 Å². The Bertz CT molecular complexity index is 614. The molecule has 2 unspecified atom stereocenters. The molecule has 7 heteroatoms. The van der Waals surface area contributed by atoms with Gasteiger partial charge in [-0.1, -0.05) is 23.7 Å². The summed E-state index contributed by atoms with van der Waals surface area (Å²) in [5.74, 6) is -0.806. The number of aliphatic carboxylic acids is 1. The number of sulfone groups is 1. The number of carboxylic acid groups (broad SMARTS) is 1. The van der Waals surface area contributed by atoms with E-state index in [-0.39, 0.29) is 30.1 Å². The zero-order chi connectivity index (χ0) is 15.6. The summed E-state index contributed by atoms with van der Waals surface area (Å²) in [7, 11) is -3.05. The van der Waals surface area contributed by atoms with Gasteiger partial charge in [0, 0.05) is 17.1 Å². The quantitative estimate of drug-likeness (QED) is 0.893. The summed E-state index contributed by atoms with van der Waals surface area (Å²) in [4.78, 5) is 12.9.